The molecule has 0 radical (unpaired) electrons. The van der Waals surface area contributed by atoms with Crippen LogP contribution in [0.4, 0.5) is 0 Å². The van der Waals surface area contributed by atoms with E-state index in [2.05, 4.69) is 11.9 Å². The number of amides is 1. The zero-order valence-corrected chi connectivity index (χ0v) is 12.4. The van der Waals surface area contributed by atoms with Gasteiger partial charge in [-0.1, -0.05) is 12.2 Å². The van der Waals surface area contributed by atoms with Crippen LogP contribution < -0.4 is 16.8 Å². The first-order chi connectivity index (χ1) is 10.5. The molecule has 0 aliphatic carbocycles. The molecule has 1 amide bonds. The molecule has 0 rings (SSSR count). The van der Waals surface area contributed by atoms with Crippen molar-refractivity contribution in [3.05, 3.63) is 12.2 Å². The Kier molecular flexibility index (Phi) is 8.52. The van der Waals surface area contributed by atoms with Gasteiger partial charge in [0.2, 0.25) is 5.91 Å². The van der Waals surface area contributed by atoms with Crippen molar-refractivity contribution in [2.45, 2.75) is 43.8 Å². The SMILES string of the molecule is C=C(CC(N)C(=O)O)CC(NC(=O)[C@H](N)CCC(=O)O)C(=O)O. The van der Waals surface area contributed by atoms with E-state index in [9.17, 15) is 19.2 Å². The second kappa shape index (κ2) is 9.54. The maximum absolute atomic E-state index is 11.7. The van der Waals surface area contributed by atoms with Gasteiger partial charge < -0.3 is 32.1 Å². The Morgan fingerprint density at radius 1 is 0.957 bits per heavy atom. The number of carboxylic acids is 3. The van der Waals surface area contributed by atoms with E-state index in [0.29, 0.717) is 0 Å². The lowest BCUT2D eigenvalue weighted by molar-refractivity contribution is -0.142. The van der Waals surface area contributed by atoms with Crippen molar-refractivity contribution in [2.24, 2.45) is 11.5 Å². The minimum atomic E-state index is -1.35. The number of hydrogen-bond acceptors (Lipinski definition) is 6. The monoisotopic (exact) mass is 331 g/mol. The minimum absolute atomic E-state index is 0.139. The Morgan fingerprint density at radius 2 is 1.52 bits per heavy atom. The molecule has 0 aliphatic heterocycles. The molecule has 0 spiro atoms. The molecule has 0 heterocycles. The molecule has 0 aliphatic rings. The summed E-state index contributed by atoms with van der Waals surface area (Å²) in [5.74, 6) is -4.54. The van der Waals surface area contributed by atoms with Gasteiger partial charge in [0.25, 0.3) is 0 Å². The normalized spacial score (nSPS) is 14.3. The molecule has 10 nitrogen and oxygen atoms in total. The number of hydrogen-bond donors (Lipinski definition) is 6. The molecule has 0 bridgehead atoms. The quantitative estimate of drug-likeness (QED) is 0.244. The van der Waals surface area contributed by atoms with E-state index < -0.39 is 41.9 Å². The zero-order chi connectivity index (χ0) is 18.2. The standard InChI is InChI=1S/C13H21N3O7/c1-6(4-8(15)12(20)21)5-9(13(22)23)16-11(19)7(14)2-3-10(17)18/h7-9H,1-5,14-15H2,(H,16,19)(H,17,18)(H,20,21)(H,22,23)/t7-,8?,9?/m1/s1. The fraction of sp³-hybridized carbons (Fsp3) is 0.538. The molecule has 23 heavy (non-hydrogen) atoms. The van der Waals surface area contributed by atoms with Crippen LogP contribution in [0.15, 0.2) is 12.2 Å². The van der Waals surface area contributed by atoms with Gasteiger partial charge in [-0.2, -0.15) is 0 Å². The Labute approximate surface area is 132 Å². The van der Waals surface area contributed by atoms with Crippen LogP contribution in [-0.2, 0) is 19.2 Å². The average molecular weight is 331 g/mol. The summed E-state index contributed by atoms with van der Waals surface area (Å²) in [7, 11) is 0. The van der Waals surface area contributed by atoms with E-state index in [1.807, 2.05) is 0 Å². The van der Waals surface area contributed by atoms with Crippen molar-refractivity contribution in [3.63, 3.8) is 0 Å². The fourth-order valence-electron chi connectivity index (χ4n) is 1.66. The van der Waals surface area contributed by atoms with Gasteiger partial charge >= 0.3 is 17.9 Å². The van der Waals surface area contributed by atoms with E-state index in [4.69, 9.17) is 26.8 Å². The molecule has 0 aromatic rings. The summed E-state index contributed by atoms with van der Waals surface area (Å²) >= 11 is 0. The summed E-state index contributed by atoms with van der Waals surface area (Å²) in [5.41, 5.74) is 11.0. The Hall–Kier alpha value is -2.46. The largest absolute Gasteiger partial charge is 0.481 e. The molecule has 0 fully saturated rings. The van der Waals surface area contributed by atoms with Crippen molar-refractivity contribution in [3.8, 4) is 0 Å². The first-order valence-corrected chi connectivity index (χ1v) is 6.70. The molecule has 0 saturated carbocycles. The highest BCUT2D eigenvalue weighted by Gasteiger charge is 2.25. The molecule has 0 aromatic heterocycles. The second-order valence-corrected chi connectivity index (χ2v) is 5.04. The van der Waals surface area contributed by atoms with Crippen molar-refractivity contribution >= 4 is 23.8 Å². The lowest BCUT2D eigenvalue weighted by Crippen LogP contribution is -2.48. The smallest absolute Gasteiger partial charge is 0.326 e. The third-order valence-corrected chi connectivity index (χ3v) is 2.94. The maximum Gasteiger partial charge on any atom is 0.326 e. The van der Waals surface area contributed by atoms with Crippen molar-refractivity contribution in [1.29, 1.82) is 0 Å². The lowest BCUT2D eigenvalue weighted by atomic mass is 10.0. The van der Waals surface area contributed by atoms with Crippen molar-refractivity contribution in [1.82, 2.24) is 5.32 Å². The van der Waals surface area contributed by atoms with Gasteiger partial charge in [-0.3, -0.25) is 14.4 Å². The Bertz CT molecular complexity index is 492. The zero-order valence-electron chi connectivity index (χ0n) is 12.4. The molecule has 10 heteroatoms. The van der Waals surface area contributed by atoms with Crippen LogP contribution in [0.25, 0.3) is 0 Å². The molecule has 0 saturated heterocycles. The molecular formula is C13H21N3O7. The highest BCUT2D eigenvalue weighted by molar-refractivity contribution is 5.87. The molecule has 130 valence electrons. The van der Waals surface area contributed by atoms with E-state index in [0.717, 1.165) is 0 Å². The van der Waals surface area contributed by atoms with Gasteiger partial charge in [0.15, 0.2) is 0 Å². The number of carbonyl (C=O) groups is 4. The van der Waals surface area contributed by atoms with Crippen LogP contribution in [0.2, 0.25) is 0 Å². The molecule has 8 N–H and O–H groups in total. The molecule has 3 atom stereocenters. The van der Waals surface area contributed by atoms with Crippen LogP contribution in [0.5, 0.6) is 0 Å². The number of carbonyl (C=O) groups excluding carboxylic acids is 1. The summed E-state index contributed by atoms with van der Waals surface area (Å²) < 4.78 is 0. The molecule has 2 unspecified atom stereocenters. The van der Waals surface area contributed by atoms with Gasteiger partial charge in [-0.25, -0.2) is 4.79 Å². The summed E-state index contributed by atoms with van der Waals surface area (Å²) in [6, 6.07) is -3.74. The van der Waals surface area contributed by atoms with E-state index in [-0.39, 0.29) is 31.3 Å². The number of rotatable bonds is 11. The first-order valence-electron chi connectivity index (χ1n) is 6.70. The van der Waals surface area contributed by atoms with Gasteiger partial charge in [-0.05, 0) is 19.3 Å². The average Bonchev–Trinajstić information content (AvgIpc) is 2.43. The Morgan fingerprint density at radius 3 is 1.96 bits per heavy atom. The van der Waals surface area contributed by atoms with Gasteiger partial charge in [0, 0.05) is 6.42 Å². The lowest BCUT2D eigenvalue weighted by Gasteiger charge is -2.19. The highest BCUT2D eigenvalue weighted by atomic mass is 16.4. The summed E-state index contributed by atoms with van der Waals surface area (Å²) in [5, 5.41) is 28.4. The third kappa shape index (κ3) is 8.53. The number of nitrogens with one attached hydrogen (secondary N) is 1. The van der Waals surface area contributed by atoms with Crippen LogP contribution in [0.1, 0.15) is 25.7 Å². The first kappa shape index (κ1) is 20.5. The van der Waals surface area contributed by atoms with E-state index >= 15 is 0 Å². The number of nitrogens with two attached hydrogens (primary N) is 2. The van der Waals surface area contributed by atoms with E-state index in [1.165, 1.54) is 0 Å². The van der Waals surface area contributed by atoms with Crippen molar-refractivity contribution < 1.29 is 34.5 Å². The molecule has 0 aromatic carbocycles. The summed E-state index contributed by atoms with van der Waals surface area (Å²) in [6.45, 7) is 3.54. The Balaban J connectivity index is 4.59. The van der Waals surface area contributed by atoms with Gasteiger partial charge in [0.1, 0.15) is 12.1 Å². The van der Waals surface area contributed by atoms with Gasteiger partial charge in [-0.15, -0.1) is 0 Å². The number of aliphatic carboxylic acids is 3. The fourth-order valence-corrected chi connectivity index (χ4v) is 1.66. The highest BCUT2D eigenvalue weighted by Crippen LogP contribution is 2.11. The van der Waals surface area contributed by atoms with E-state index in [1.54, 1.807) is 0 Å². The predicted molar refractivity (Wildman–Crippen MR) is 78.4 cm³/mol. The predicted octanol–water partition coefficient (Wildman–Crippen LogP) is -1.50. The molecular weight excluding hydrogens is 310 g/mol. The van der Waals surface area contributed by atoms with Crippen LogP contribution in [0, 0.1) is 0 Å². The van der Waals surface area contributed by atoms with Gasteiger partial charge in [0.05, 0.1) is 6.04 Å². The van der Waals surface area contributed by atoms with Crippen LogP contribution in [-0.4, -0.2) is 57.3 Å². The van der Waals surface area contributed by atoms with Crippen molar-refractivity contribution in [2.75, 3.05) is 0 Å². The topological polar surface area (TPSA) is 193 Å². The minimum Gasteiger partial charge on any atom is -0.481 e. The third-order valence-electron chi connectivity index (χ3n) is 2.94. The van der Waals surface area contributed by atoms with Crippen LogP contribution in [0.3, 0.4) is 0 Å². The number of carboxylic acid groups (broad SMARTS) is 3. The summed E-state index contributed by atoms with van der Waals surface area (Å²) in [4.78, 5) is 43.9. The van der Waals surface area contributed by atoms with Crippen LogP contribution >= 0.6 is 0 Å². The maximum atomic E-state index is 11.7. The summed E-state index contributed by atoms with van der Waals surface area (Å²) in [6.07, 6.45) is -0.821. The second-order valence-electron chi connectivity index (χ2n) is 5.04.